The Morgan fingerprint density at radius 2 is 1.95 bits per heavy atom. The fourth-order valence-electron chi connectivity index (χ4n) is 1.88. The van der Waals surface area contributed by atoms with Gasteiger partial charge < -0.3 is 10.6 Å². The average molecular weight is 287 g/mol. The Balaban J connectivity index is 2.26. The molecule has 0 spiro atoms. The summed E-state index contributed by atoms with van der Waals surface area (Å²) in [4.78, 5) is 0. The van der Waals surface area contributed by atoms with E-state index in [9.17, 15) is 4.39 Å². The lowest BCUT2D eigenvalue weighted by Gasteiger charge is -2.16. The van der Waals surface area contributed by atoms with Crippen molar-refractivity contribution in [1.82, 2.24) is 10.6 Å². The maximum atomic E-state index is 13.5. The summed E-state index contributed by atoms with van der Waals surface area (Å²) in [6.07, 6.45) is 0.611. The first kappa shape index (κ1) is 16.4. The molecular weight excluding hydrogens is 263 g/mol. The van der Waals surface area contributed by atoms with Gasteiger partial charge in [-0.15, -0.1) is 0 Å². The van der Waals surface area contributed by atoms with Crippen LogP contribution in [0, 0.1) is 11.7 Å². The SMILES string of the molecule is CC(C)CNCC(C)NCCc1c(F)cccc1Cl. The van der Waals surface area contributed by atoms with Gasteiger partial charge >= 0.3 is 0 Å². The van der Waals surface area contributed by atoms with Gasteiger partial charge in [0.05, 0.1) is 0 Å². The predicted molar refractivity (Wildman–Crippen MR) is 80.3 cm³/mol. The molecule has 1 aromatic carbocycles. The van der Waals surface area contributed by atoms with Crippen LogP contribution in [0.2, 0.25) is 5.02 Å². The van der Waals surface area contributed by atoms with Crippen molar-refractivity contribution in [2.45, 2.75) is 33.2 Å². The van der Waals surface area contributed by atoms with E-state index >= 15 is 0 Å². The molecule has 0 aliphatic rings. The molecule has 2 nitrogen and oxygen atoms in total. The van der Waals surface area contributed by atoms with Crippen molar-refractivity contribution in [3.8, 4) is 0 Å². The Bertz CT molecular complexity index is 362. The maximum absolute atomic E-state index is 13.5. The molecule has 0 bridgehead atoms. The zero-order valence-corrected chi connectivity index (χ0v) is 12.7. The minimum atomic E-state index is -0.222. The zero-order valence-electron chi connectivity index (χ0n) is 12.0. The topological polar surface area (TPSA) is 24.1 Å². The van der Waals surface area contributed by atoms with Crippen LogP contribution in [-0.2, 0) is 6.42 Å². The zero-order chi connectivity index (χ0) is 14.3. The van der Waals surface area contributed by atoms with E-state index in [0.717, 1.165) is 19.6 Å². The van der Waals surface area contributed by atoms with Gasteiger partial charge in [-0.1, -0.05) is 31.5 Å². The van der Waals surface area contributed by atoms with Gasteiger partial charge in [0.1, 0.15) is 5.82 Å². The summed E-state index contributed by atoms with van der Waals surface area (Å²) in [5.74, 6) is 0.435. The molecule has 0 fully saturated rings. The minimum absolute atomic E-state index is 0.222. The highest BCUT2D eigenvalue weighted by molar-refractivity contribution is 6.31. The second-order valence-corrected chi connectivity index (χ2v) is 5.76. The fraction of sp³-hybridized carbons (Fsp3) is 0.600. The second kappa shape index (κ2) is 8.51. The van der Waals surface area contributed by atoms with E-state index < -0.39 is 0 Å². The van der Waals surface area contributed by atoms with E-state index in [1.807, 2.05) is 0 Å². The summed E-state index contributed by atoms with van der Waals surface area (Å²) in [6.45, 7) is 9.16. The quantitative estimate of drug-likeness (QED) is 0.767. The van der Waals surface area contributed by atoms with Crippen LogP contribution in [0.1, 0.15) is 26.3 Å². The maximum Gasteiger partial charge on any atom is 0.127 e. The third-order valence-electron chi connectivity index (χ3n) is 2.93. The highest BCUT2D eigenvalue weighted by Crippen LogP contribution is 2.18. The van der Waals surface area contributed by atoms with Crippen molar-refractivity contribution in [2.75, 3.05) is 19.6 Å². The van der Waals surface area contributed by atoms with Crippen LogP contribution in [-0.4, -0.2) is 25.7 Å². The first-order valence-corrected chi connectivity index (χ1v) is 7.25. The van der Waals surface area contributed by atoms with Crippen LogP contribution in [0.4, 0.5) is 4.39 Å². The molecule has 1 unspecified atom stereocenters. The van der Waals surface area contributed by atoms with Gasteiger partial charge in [-0.3, -0.25) is 0 Å². The van der Waals surface area contributed by atoms with Crippen molar-refractivity contribution < 1.29 is 4.39 Å². The van der Waals surface area contributed by atoms with Crippen LogP contribution in [0.15, 0.2) is 18.2 Å². The van der Waals surface area contributed by atoms with Gasteiger partial charge in [-0.25, -0.2) is 4.39 Å². The average Bonchev–Trinajstić information content (AvgIpc) is 2.32. The molecule has 1 atom stereocenters. The molecule has 1 aromatic rings. The van der Waals surface area contributed by atoms with Gasteiger partial charge in [0, 0.05) is 23.2 Å². The molecule has 0 saturated carbocycles. The molecule has 2 N–H and O–H groups in total. The van der Waals surface area contributed by atoms with E-state index in [1.54, 1.807) is 12.1 Å². The molecule has 0 heterocycles. The summed E-state index contributed by atoms with van der Waals surface area (Å²) < 4.78 is 13.5. The number of benzene rings is 1. The highest BCUT2D eigenvalue weighted by Gasteiger charge is 2.07. The molecule has 0 amide bonds. The van der Waals surface area contributed by atoms with Crippen molar-refractivity contribution in [1.29, 1.82) is 0 Å². The normalized spacial score (nSPS) is 12.9. The van der Waals surface area contributed by atoms with Crippen LogP contribution < -0.4 is 10.6 Å². The van der Waals surface area contributed by atoms with E-state index in [2.05, 4.69) is 31.4 Å². The Hall–Kier alpha value is -0.640. The third kappa shape index (κ3) is 6.37. The van der Waals surface area contributed by atoms with E-state index in [-0.39, 0.29) is 5.82 Å². The van der Waals surface area contributed by atoms with Crippen LogP contribution in [0.5, 0.6) is 0 Å². The molecule has 108 valence electrons. The van der Waals surface area contributed by atoms with Crippen molar-refractivity contribution in [3.05, 3.63) is 34.6 Å². The molecule has 4 heteroatoms. The van der Waals surface area contributed by atoms with Crippen LogP contribution in [0.25, 0.3) is 0 Å². The summed E-state index contributed by atoms with van der Waals surface area (Å²) in [7, 11) is 0. The van der Waals surface area contributed by atoms with E-state index in [4.69, 9.17) is 11.6 Å². The molecule has 0 aliphatic carbocycles. The van der Waals surface area contributed by atoms with Gasteiger partial charge in [0.25, 0.3) is 0 Å². The fourth-order valence-corrected chi connectivity index (χ4v) is 2.13. The largest absolute Gasteiger partial charge is 0.315 e. The van der Waals surface area contributed by atoms with Crippen molar-refractivity contribution in [3.63, 3.8) is 0 Å². The third-order valence-corrected chi connectivity index (χ3v) is 3.29. The molecule has 1 rings (SSSR count). The monoisotopic (exact) mass is 286 g/mol. The van der Waals surface area contributed by atoms with E-state index in [0.29, 0.717) is 29.0 Å². The standard InChI is InChI=1S/C15H24ClFN2/c1-11(2)9-18-10-12(3)19-8-7-13-14(16)5-4-6-15(13)17/h4-6,11-12,18-19H,7-10H2,1-3H3. The van der Waals surface area contributed by atoms with Crippen LogP contribution >= 0.6 is 11.6 Å². The summed E-state index contributed by atoms with van der Waals surface area (Å²) >= 11 is 5.98. The molecule has 0 aromatic heterocycles. The molecule has 19 heavy (non-hydrogen) atoms. The first-order chi connectivity index (χ1) is 9.00. The lowest BCUT2D eigenvalue weighted by Crippen LogP contribution is -2.38. The summed E-state index contributed by atoms with van der Waals surface area (Å²) in [5.41, 5.74) is 0.596. The lowest BCUT2D eigenvalue weighted by molar-refractivity contribution is 0.473. The van der Waals surface area contributed by atoms with Gasteiger partial charge in [0.15, 0.2) is 0 Å². The minimum Gasteiger partial charge on any atom is -0.315 e. The Morgan fingerprint density at radius 1 is 1.21 bits per heavy atom. The number of rotatable bonds is 8. The number of hydrogen-bond acceptors (Lipinski definition) is 2. The van der Waals surface area contributed by atoms with Crippen LogP contribution in [0.3, 0.4) is 0 Å². The van der Waals surface area contributed by atoms with Gasteiger partial charge in [-0.2, -0.15) is 0 Å². The Kier molecular flexibility index (Phi) is 7.36. The number of hydrogen-bond donors (Lipinski definition) is 2. The highest BCUT2D eigenvalue weighted by atomic mass is 35.5. The molecule has 0 saturated heterocycles. The Labute approximate surface area is 120 Å². The Morgan fingerprint density at radius 3 is 2.58 bits per heavy atom. The van der Waals surface area contributed by atoms with E-state index in [1.165, 1.54) is 6.07 Å². The smallest absolute Gasteiger partial charge is 0.127 e. The van der Waals surface area contributed by atoms with Crippen molar-refractivity contribution in [2.24, 2.45) is 5.92 Å². The summed E-state index contributed by atoms with van der Waals surface area (Å²) in [5, 5.41) is 7.27. The lowest BCUT2D eigenvalue weighted by atomic mass is 10.1. The number of nitrogens with one attached hydrogen (secondary N) is 2. The van der Waals surface area contributed by atoms with Gasteiger partial charge in [-0.05, 0) is 44.5 Å². The predicted octanol–water partition coefficient (Wildman–Crippen LogP) is 3.25. The molecular formula is C15H24ClFN2. The first-order valence-electron chi connectivity index (χ1n) is 6.87. The summed E-state index contributed by atoms with van der Waals surface area (Å²) in [6, 6.07) is 5.18. The molecule has 0 aliphatic heterocycles. The van der Waals surface area contributed by atoms with Gasteiger partial charge in [0.2, 0.25) is 0 Å². The molecule has 0 radical (unpaired) electrons. The second-order valence-electron chi connectivity index (χ2n) is 5.36. The number of halogens is 2. The van der Waals surface area contributed by atoms with Crippen molar-refractivity contribution >= 4 is 11.6 Å².